The van der Waals surface area contributed by atoms with Gasteiger partial charge in [-0.25, -0.2) is 8.78 Å². The molecule has 0 aliphatic rings. The Hall–Kier alpha value is -1.79. The number of benzene rings is 1. The van der Waals surface area contributed by atoms with Gasteiger partial charge in [-0.3, -0.25) is 4.79 Å². The standard InChI is InChI=1S/C12H13F4NO2/c1-4-5(2)17-12(18)6-7(13)9(15)11(19-3)10(16)8(6)14/h5H,4H2,1-3H3,(H,17,18). The zero-order valence-corrected chi connectivity index (χ0v) is 10.6. The molecule has 1 aromatic carbocycles. The number of hydrogen-bond acceptors (Lipinski definition) is 2. The van der Waals surface area contributed by atoms with Gasteiger partial charge in [0.15, 0.2) is 17.4 Å². The number of ether oxygens (including phenoxy) is 1. The van der Waals surface area contributed by atoms with Gasteiger partial charge in [0.2, 0.25) is 11.6 Å². The molecule has 0 aliphatic carbocycles. The van der Waals surface area contributed by atoms with Crippen molar-refractivity contribution in [3.8, 4) is 5.75 Å². The van der Waals surface area contributed by atoms with E-state index in [1.165, 1.54) is 0 Å². The first-order valence-electron chi connectivity index (χ1n) is 5.55. The Morgan fingerprint density at radius 3 is 2.00 bits per heavy atom. The Bertz CT molecular complexity index is 476. The average Bonchev–Trinajstić information content (AvgIpc) is 2.37. The SMILES string of the molecule is CCC(C)NC(=O)c1c(F)c(F)c(OC)c(F)c1F. The van der Waals surface area contributed by atoms with Crippen LogP contribution in [-0.2, 0) is 0 Å². The summed E-state index contributed by atoms with van der Waals surface area (Å²) in [6, 6.07) is -0.389. The highest BCUT2D eigenvalue weighted by atomic mass is 19.2. The van der Waals surface area contributed by atoms with Crippen molar-refractivity contribution in [3.05, 3.63) is 28.8 Å². The zero-order chi connectivity index (χ0) is 14.7. The number of carbonyl (C=O) groups excluding carboxylic acids is 1. The van der Waals surface area contributed by atoms with Crippen LogP contribution in [0.2, 0.25) is 0 Å². The maximum absolute atomic E-state index is 13.6. The van der Waals surface area contributed by atoms with E-state index in [1.807, 2.05) is 0 Å². The van der Waals surface area contributed by atoms with Crippen LogP contribution in [0, 0.1) is 23.3 Å². The van der Waals surface area contributed by atoms with Crippen LogP contribution in [0.4, 0.5) is 17.6 Å². The van der Waals surface area contributed by atoms with Gasteiger partial charge in [0.05, 0.1) is 7.11 Å². The third-order valence-corrected chi connectivity index (χ3v) is 2.64. The summed E-state index contributed by atoms with van der Waals surface area (Å²) >= 11 is 0. The molecule has 1 atom stereocenters. The van der Waals surface area contributed by atoms with Crippen molar-refractivity contribution in [1.82, 2.24) is 5.32 Å². The molecule has 0 heterocycles. The fourth-order valence-corrected chi connectivity index (χ4v) is 1.39. The van der Waals surface area contributed by atoms with E-state index in [0.717, 1.165) is 7.11 Å². The third kappa shape index (κ3) is 2.80. The summed E-state index contributed by atoms with van der Waals surface area (Å²) in [5.41, 5.74) is -1.30. The van der Waals surface area contributed by atoms with E-state index >= 15 is 0 Å². The van der Waals surface area contributed by atoms with Gasteiger partial charge in [0.1, 0.15) is 5.56 Å². The lowest BCUT2D eigenvalue weighted by Crippen LogP contribution is -2.33. The molecule has 19 heavy (non-hydrogen) atoms. The molecule has 0 bridgehead atoms. The third-order valence-electron chi connectivity index (χ3n) is 2.64. The molecule has 0 saturated heterocycles. The van der Waals surface area contributed by atoms with Crippen molar-refractivity contribution < 1.29 is 27.1 Å². The number of amides is 1. The summed E-state index contributed by atoms with van der Waals surface area (Å²) in [4.78, 5) is 11.6. The largest absolute Gasteiger partial charge is 0.491 e. The molecule has 1 N–H and O–H groups in total. The molecular formula is C12H13F4NO2. The quantitative estimate of drug-likeness (QED) is 0.680. The lowest BCUT2D eigenvalue weighted by molar-refractivity contribution is 0.0927. The smallest absolute Gasteiger partial charge is 0.257 e. The Morgan fingerprint density at radius 2 is 1.63 bits per heavy atom. The van der Waals surface area contributed by atoms with Crippen LogP contribution in [0.25, 0.3) is 0 Å². The fraction of sp³-hybridized carbons (Fsp3) is 0.417. The highest BCUT2D eigenvalue weighted by Crippen LogP contribution is 2.29. The molecule has 1 unspecified atom stereocenters. The normalized spacial score (nSPS) is 12.2. The first-order chi connectivity index (χ1) is 8.84. The monoisotopic (exact) mass is 279 g/mol. The summed E-state index contributed by atoms with van der Waals surface area (Å²) in [5, 5.41) is 2.23. The molecule has 0 saturated carbocycles. The second kappa shape index (κ2) is 5.90. The van der Waals surface area contributed by atoms with E-state index in [1.54, 1.807) is 13.8 Å². The van der Waals surface area contributed by atoms with E-state index in [4.69, 9.17) is 0 Å². The molecule has 0 radical (unpaired) electrons. The molecule has 3 nitrogen and oxygen atoms in total. The van der Waals surface area contributed by atoms with Crippen LogP contribution in [0.3, 0.4) is 0 Å². The number of methoxy groups -OCH3 is 1. The lowest BCUT2D eigenvalue weighted by atomic mass is 10.1. The molecule has 1 rings (SSSR count). The topological polar surface area (TPSA) is 38.3 Å². The molecule has 0 aromatic heterocycles. The zero-order valence-electron chi connectivity index (χ0n) is 10.6. The van der Waals surface area contributed by atoms with Crippen molar-refractivity contribution >= 4 is 5.91 Å². The van der Waals surface area contributed by atoms with E-state index in [9.17, 15) is 22.4 Å². The van der Waals surface area contributed by atoms with Gasteiger partial charge in [-0.1, -0.05) is 6.92 Å². The van der Waals surface area contributed by atoms with Crippen molar-refractivity contribution in [2.24, 2.45) is 0 Å². The number of halogens is 4. The Labute approximate surface area is 107 Å². The fourth-order valence-electron chi connectivity index (χ4n) is 1.39. The predicted octanol–water partition coefficient (Wildman–Crippen LogP) is 2.78. The lowest BCUT2D eigenvalue weighted by Gasteiger charge is -2.14. The minimum atomic E-state index is -1.78. The van der Waals surface area contributed by atoms with Gasteiger partial charge in [-0.15, -0.1) is 0 Å². The van der Waals surface area contributed by atoms with Gasteiger partial charge < -0.3 is 10.1 Å². The first-order valence-corrected chi connectivity index (χ1v) is 5.55. The second-order valence-electron chi connectivity index (χ2n) is 3.95. The van der Waals surface area contributed by atoms with Crippen molar-refractivity contribution in [2.75, 3.05) is 7.11 Å². The summed E-state index contributed by atoms with van der Waals surface area (Å²) in [6.45, 7) is 3.32. The van der Waals surface area contributed by atoms with Crippen LogP contribution in [0.5, 0.6) is 5.75 Å². The van der Waals surface area contributed by atoms with Crippen LogP contribution >= 0.6 is 0 Å². The van der Waals surface area contributed by atoms with Crippen molar-refractivity contribution in [3.63, 3.8) is 0 Å². The Kier molecular flexibility index (Phi) is 4.74. The highest BCUT2D eigenvalue weighted by Gasteiger charge is 2.30. The van der Waals surface area contributed by atoms with Gasteiger partial charge in [-0.2, -0.15) is 8.78 Å². The number of rotatable bonds is 4. The maximum Gasteiger partial charge on any atom is 0.257 e. The molecule has 1 aromatic rings. The summed E-state index contributed by atoms with van der Waals surface area (Å²) in [5.74, 6) is -9.46. The molecule has 0 fully saturated rings. The summed E-state index contributed by atoms with van der Waals surface area (Å²) < 4.78 is 58.1. The molecule has 0 aliphatic heterocycles. The number of nitrogens with one attached hydrogen (secondary N) is 1. The van der Waals surface area contributed by atoms with Gasteiger partial charge in [0, 0.05) is 6.04 Å². The minimum Gasteiger partial charge on any atom is -0.491 e. The van der Waals surface area contributed by atoms with Crippen LogP contribution in [0.1, 0.15) is 30.6 Å². The molecule has 7 heteroatoms. The van der Waals surface area contributed by atoms with Gasteiger partial charge in [-0.05, 0) is 13.3 Å². The van der Waals surface area contributed by atoms with E-state index < -0.39 is 40.5 Å². The van der Waals surface area contributed by atoms with Gasteiger partial charge in [0.25, 0.3) is 5.91 Å². The van der Waals surface area contributed by atoms with Crippen LogP contribution in [0.15, 0.2) is 0 Å². The molecule has 1 amide bonds. The first kappa shape index (κ1) is 15.3. The van der Waals surface area contributed by atoms with E-state index in [2.05, 4.69) is 10.1 Å². The van der Waals surface area contributed by atoms with E-state index in [-0.39, 0.29) is 6.04 Å². The second-order valence-corrected chi connectivity index (χ2v) is 3.95. The molecule has 106 valence electrons. The summed E-state index contributed by atoms with van der Waals surface area (Å²) in [7, 11) is 0.860. The number of carbonyl (C=O) groups is 1. The minimum absolute atomic E-state index is 0.389. The van der Waals surface area contributed by atoms with Crippen molar-refractivity contribution in [2.45, 2.75) is 26.3 Å². The highest BCUT2D eigenvalue weighted by molar-refractivity contribution is 5.95. The Balaban J connectivity index is 3.33. The van der Waals surface area contributed by atoms with Crippen LogP contribution < -0.4 is 10.1 Å². The maximum atomic E-state index is 13.6. The van der Waals surface area contributed by atoms with Gasteiger partial charge >= 0.3 is 0 Å². The van der Waals surface area contributed by atoms with Crippen molar-refractivity contribution in [1.29, 1.82) is 0 Å². The van der Waals surface area contributed by atoms with Crippen LogP contribution in [-0.4, -0.2) is 19.1 Å². The Morgan fingerprint density at radius 1 is 1.16 bits per heavy atom. The number of hydrogen-bond donors (Lipinski definition) is 1. The molecule has 0 spiro atoms. The van der Waals surface area contributed by atoms with E-state index in [0.29, 0.717) is 6.42 Å². The average molecular weight is 279 g/mol. The summed E-state index contributed by atoms with van der Waals surface area (Å²) in [6.07, 6.45) is 0.496. The molecular weight excluding hydrogens is 266 g/mol. The predicted molar refractivity (Wildman–Crippen MR) is 60.0 cm³/mol.